The number of hydrogen-bond donors (Lipinski definition) is 0. The lowest BCUT2D eigenvalue weighted by Crippen LogP contribution is -1.91. The maximum atomic E-state index is 5.42. The van der Waals surface area contributed by atoms with E-state index in [1.54, 1.807) is 32.0 Å². The van der Waals surface area contributed by atoms with Crippen molar-refractivity contribution >= 4 is 22.5 Å². The molecule has 0 saturated heterocycles. The van der Waals surface area contributed by atoms with Crippen LogP contribution in [-0.2, 0) is 5.75 Å². The summed E-state index contributed by atoms with van der Waals surface area (Å²) in [6.07, 6.45) is 0. The van der Waals surface area contributed by atoms with E-state index in [1.807, 2.05) is 24.3 Å². The van der Waals surface area contributed by atoms with Gasteiger partial charge in [-0.05, 0) is 35.0 Å². The number of aromatic nitrogens is 2. The van der Waals surface area contributed by atoms with E-state index in [4.69, 9.17) is 14.0 Å². The molecule has 27 heavy (non-hydrogen) atoms. The highest BCUT2D eigenvalue weighted by Crippen LogP contribution is 2.32. The Bertz CT molecular complexity index is 1080. The first kappa shape index (κ1) is 17.4. The Labute approximate surface area is 161 Å². The van der Waals surface area contributed by atoms with Crippen molar-refractivity contribution in [3.8, 4) is 22.9 Å². The van der Waals surface area contributed by atoms with Crippen molar-refractivity contribution in [1.29, 1.82) is 0 Å². The highest BCUT2D eigenvalue weighted by Gasteiger charge is 2.14. The predicted molar refractivity (Wildman–Crippen MR) is 106 cm³/mol. The molecule has 1 aromatic heterocycles. The van der Waals surface area contributed by atoms with Gasteiger partial charge in [0.1, 0.15) is 11.5 Å². The number of fused-ring (bicyclic) bond motifs is 1. The van der Waals surface area contributed by atoms with E-state index in [0.717, 1.165) is 10.5 Å². The fraction of sp³-hybridized carbons (Fsp3) is 0.143. The number of nitrogens with zero attached hydrogens (tertiary/aromatic N) is 2. The number of rotatable bonds is 6. The van der Waals surface area contributed by atoms with Gasteiger partial charge >= 0.3 is 0 Å². The second-order valence-corrected chi connectivity index (χ2v) is 6.92. The average Bonchev–Trinajstić information content (AvgIpc) is 3.20. The first-order chi connectivity index (χ1) is 13.3. The normalized spacial score (nSPS) is 10.9. The molecule has 0 aliphatic rings. The zero-order chi connectivity index (χ0) is 18.6. The van der Waals surface area contributed by atoms with E-state index >= 15 is 0 Å². The van der Waals surface area contributed by atoms with Crippen molar-refractivity contribution in [2.75, 3.05) is 14.2 Å². The van der Waals surface area contributed by atoms with Gasteiger partial charge in [-0.3, -0.25) is 0 Å². The van der Waals surface area contributed by atoms with Crippen LogP contribution in [0.2, 0.25) is 0 Å². The number of methoxy groups -OCH3 is 2. The molecule has 5 nitrogen and oxygen atoms in total. The van der Waals surface area contributed by atoms with Gasteiger partial charge in [-0.15, -0.1) is 11.8 Å². The zero-order valence-electron chi connectivity index (χ0n) is 15.0. The second kappa shape index (κ2) is 7.72. The van der Waals surface area contributed by atoms with Crippen LogP contribution in [0, 0.1) is 0 Å². The van der Waals surface area contributed by atoms with E-state index in [0.29, 0.717) is 29.0 Å². The van der Waals surface area contributed by atoms with Crippen molar-refractivity contribution in [3.63, 3.8) is 0 Å². The maximum Gasteiger partial charge on any atom is 0.237 e. The Morgan fingerprint density at radius 2 is 1.78 bits per heavy atom. The Kier molecular flexibility index (Phi) is 4.98. The molecule has 1 heterocycles. The molecule has 4 aromatic rings. The Balaban J connectivity index is 1.51. The Morgan fingerprint density at radius 1 is 0.926 bits per heavy atom. The SMILES string of the molecule is COc1ccc(-c2noc(CSc3ccc4ccccc4c3)n2)c(OC)c1. The van der Waals surface area contributed by atoms with Crippen LogP contribution in [-0.4, -0.2) is 24.4 Å². The summed E-state index contributed by atoms with van der Waals surface area (Å²) in [6.45, 7) is 0. The lowest BCUT2D eigenvalue weighted by Gasteiger charge is -2.07. The summed E-state index contributed by atoms with van der Waals surface area (Å²) in [6, 6.07) is 20.2. The quantitative estimate of drug-likeness (QED) is 0.430. The molecular weight excluding hydrogens is 360 g/mol. The maximum absolute atomic E-state index is 5.42. The van der Waals surface area contributed by atoms with E-state index < -0.39 is 0 Å². The largest absolute Gasteiger partial charge is 0.497 e. The molecule has 0 bridgehead atoms. The van der Waals surface area contributed by atoms with Gasteiger partial charge in [0.2, 0.25) is 11.7 Å². The Hall–Kier alpha value is -2.99. The van der Waals surface area contributed by atoms with Crippen LogP contribution >= 0.6 is 11.8 Å². The van der Waals surface area contributed by atoms with Crippen LogP contribution in [0.25, 0.3) is 22.2 Å². The summed E-state index contributed by atoms with van der Waals surface area (Å²) in [4.78, 5) is 5.67. The van der Waals surface area contributed by atoms with Crippen molar-refractivity contribution in [1.82, 2.24) is 10.1 Å². The molecule has 0 radical (unpaired) electrons. The van der Waals surface area contributed by atoms with Gasteiger partial charge < -0.3 is 14.0 Å². The first-order valence-corrected chi connectivity index (χ1v) is 9.42. The molecule has 0 N–H and O–H groups in total. The van der Waals surface area contributed by atoms with Crippen molar-refractivity contribution < 1.29 is 14.0 Å². The van der Waals surface area contributed by atoms with Gasteiger partial charge in [0, 0.05) is 11.0 Å². The van der Waals surface area contributed by atoms with E-state index in [9.17, 15) is 0 Å². The molecule has 0 aliphatic carbocycles. The molecule has 0 aliphatic heterocycles. The first-order valence-electron chi connectivity index (χ1n) is 8.43. The highest BCUT2D eigenvalue weighted by molar-refractivity contribution is 7.98. The van der Waals surface area contributed by atoms with Gasteiger partial charge in [-0.2, -0.15) is 4.98 Å². The van der Waals surface area contributed by atoms with Gasteiger partial charge in [-0.25, -0.2) is 0 Å². The van der Waals surface area contributed by atoms with Crippen LogP contribution in [0.1, 0.15) is 5.89 Å². The molecule has 136 valence electrons. The van der Waals surface area contributed by atoms with Crippen molar-refractivity contribution in [2.45, 2.75) is 10.6 Å². The summed E-state index contributed by atoms with van der Waals surface area (Å²) < 4.78 is 16.1. The highest BCUT2D eigenvalue weighted by atomic mass is 32.2. The minimum Gasteiger partial charge on any atom is -0.497 e. The third-order valence-electron chi connectivity index (χ3n) is 4.20. The van der Waals surface area contributed by atoms with Crippen LogP contribution in [0.5, 0.6) is 11.5 Å². The molecule has 3 aromatic carbocycles. The summed E-state index contributed by atoms with van der Waals surface area (Å²) in [5.41, 5.74) is 0.768. The van der Waals surface area contributed by atoms with Gasteiger partial charge in [0.05, 0.1) is 25.5 Å². The number of ether oxygens (including phenoxy) is 2. The number of thioether (sulfide) groups is 1. The zero-order valence-corrected chi connectivity index (χ0v) is 15.8. The molecule has 0 atom stereocenters. The molecule has 0 spiro atoms. The van der Waals surface area contributed by atoms with E-state index in [-0.39, 0.29) is 0 Å². The second-order valence-electron chi connectivity index (χ2n) is 5.88. The minimum atomic E-state index is 0.503. The molecule has 0 amide bonds. The molecule has 0 fully saturated rings. The van der Waals surface area contributed by atoms with Crippen LogP contribution < -0.4 is 9.47 Å². The fourth-order valence-electron chi connectivity index (χ4n) is 2.81. The van der Waals surface area contributed by atoms with Crippen molar-refractivity contribution in [3.05, 3.63) is 66.6 Å². The topological polar surface area (TPSA) is 57.4 Å². The van der Waals surface area contributed by atoms with Crippen molar-refractivity contribution in [2.24, 2.45) is 0 Å². The molecule has 0 saturated carbocycles. The van der Waals surface area contributed by atoms with Crippen LogP contribution in [0.4, 0.5) is 0 Å². The van der Waals surface area contributed by atoms with Crippen LogP contribution in [0.15, 0.2) is 70.1 Å². The lowest BCUT2D eigenvalue weighted by atomic mass is 10.1. The molecule has 4 rings (SSSR count). The Morgan fingerprint density at radius 3 is 2.59 bits per heavy atom. The van der Waals surface area contributed by atoms with E-state index in [1.165, 1.54) is 10.8 Å². The molecular formula is C21H18N2O3S. The average molecular weight is 378 g/mol. The number of benzene rings is 3. The van der Waals surface area contributed by atoms with Gasteiger partial charge in [0.25, 0.3) is 0 Å². The molecule has 0 unspecified atom stereocenters. The monoisotopic (exact) mass is 378 g/mol. The number of hydrogen-bond acceptors (Lipinski definition) is 6. The third-order valence-corrected chi connectivity index (χ3v) is 5.18. The fourth-order valence-corrected chi connectivity index (χ4v) is 3.59. The summed E-state index contributed by atoms with van der Waals surface area (Å²) >= 11 is 1.67. The summed E-state index contributed by atoms with van der Waals surface area (Å²) in [7, 11) is 3.22. The predicted octanol–water partition coefficient (Wildman–Crippen LogP) is 5.20. The standard InChI is InChI=1S/C21H18N2O3S/c1-24-16-8-10-18(19(12-16)25-2)21-22-20(26-23-21)13-27-17-9-7-14-5-3-4-6-15(14)11-17/h3-12H,13H2,1-2H3. The minimum absolute atomic E-state index is 0.503. The van der Waals surface area contributed by atoms with Gasteiger partial charge in [-0.1, -0.05) is 35.5 Å². The van der Waals surface area contributed by atoms with Gasteiger partial charge in [0.15, 0.2) is 0 Å². The van der Waals surface area contributed by atoms with Crippen LogP contribution in [0.3, 0.4) is 0 Å². The molecule has 6 heteroatoms. The summed E-state index contributed by atoms with van der Waals surface area (Å²) in [5.74, 6) is 3.03. The summed E-state index contributed by atoms with van der Waals surface area (Å²) in [5, 5.41) is 6.54. The smallest absolute Gasteiger partial charge is 0.237 e. The van der Waals surface area contributed by atoms with E-state index in [2.05, 4.69) is 40.5 Å². The third kappa shape index (κ3) is 3.75. The lowest BCUT2D eigenvalue weighted by molar-refractivity contribution is 0.388.